The molecule has 208 valence electrons. The van der Waals surface area contributed by atoms with Gasteiger partial charge in [0.25, 0.3) is 0 Å². The molecule has 1 heterocycles. The van der Waals surface area contributed by atoms with Crippen molar-refractivity contribution in [2.24, 2.45) is 5.41 Å². The zero-order chi connectivity index (χ0) is 28.4. The number of amides is 1. The molecule has 7 nitrogen and oxygen atoms in total. The summed E-state index contributed by atoms with van der Waals surface area (Å²) < 4.78 is 0. The number of phenols is 1. The minimum absolute atomic E-state index is 0.0990. The number of anilines is 3. The molecule has 40 heavy (non-hydrogen) atoms. The number of allylic oxidation sites excluding steroid dienone is 1. The topological polar surface area (TPSA) is 84.9 Å². The van der Waals surface area contributed by atoms with Crippen LogP contribution in [0.4, 0.5) is 17.1 Å². The van der Waals surface area contributed by atoms with Crippen molar-refractivity contribution in [3.05, 3.63) is 95.2 Å². The van der Waals surface area contributed by atoms with Crippen LogP contribution in [0.1, 0.15) is 43.9 Å². The molecule has 7 heteroatoms. The van der Waals surface area contributed by atoms with Gasteiger partial charge in [0, 0.05) is 44.0 Å². The van der Waals surface area contributed by atoms with Crippen LogP contribution in [0.5, 0.6) is 5.75 Å². The summed E-state index contributed by atoms with van der Waals surface area (Å²) >= 11 is 0. The van der Waals surface area contributed by atoms with Crippen LogP contribution >= 0.6 is 0 Å². The maximum Gasteiger partial charge on any atom is 0.239 e. The molecular weight excluding hydrogens is 500 g/mol. The average molecular weight is 539 g/mol. The monoisotopic (exact) mass is 538 g/mol. The van der Waals surface area contributed by atoms with Gasteiger partial charge in [-0.25, -0.2) is 0 Å². The average Bonchev–Trinajstić information content (AvgIpc) is 3.03. The third kappa shape index (κ3) is 5.83. The molecule has 1 atom stereocenters. The molecule has 3 N–H and O–H groups in total. The Morgan fingerprint density at radius 3 is 2.42 bits per heavy atom. The van der Waals surface area contributed by atoms with Crippen LogP contribution in [0.3, 0.4) is 0 Å². The van der Waals surface area contributed by atoms with Crippen LogP contribution in [-0.4, -0.2) is 44.0 Å². The van der Waals surface area contributed by atoms with Crippen LogP contribution in [-0.2, 0) is 16.0 Å². The van der Waals surface area contributed by atoms with E-state index in [4.69, 9.17) is 0 Å². The van der Waals surface area contributed by atoms with Crippen molar-refractivity contribution < 1.29 is 14.7 Å². The molecular formula is C33H38N4O3. The van der Waals surface area contributed by atoms with Gasteiger partial charge in [0.2, 0.25) is 5.91 Å². The first-order valence-electron chi connectivity index (χ1n) is 13.8. The first kappa shape index (κ1) is 27.3. The van der Waals surface area contributed by atoms with Crippen LogP contribution in [0, 0.1) is 5.41 Å². The lowest BCUT2D eigenvalue weighted by molar-refractivity contribution is -0.120. The van der Waals surface area contributed by atoms with Crippen molar-refractivity contribution in [2.75, 3.05) is 42.3 Å². The number of rotatable bonds is 7. The van der Waals surface area contributed by atoms with E-state index in [0.717, 1.165) is 45.9 Å². The molecule has 3 aromatic carbocycles. The molecule has 0 radical (unpaired) electrons. The zero-order valence-electron chi connectivity index (χ0n) is 23.7. The second-order valence-corrected chi connectivity index (χ2v) is 11.8. The number of nitrogens with zero attached hydrogens (tertiary/aromatic N) is 2. The van der Waals surface area contributed by atoms with Gasteiger partial charge >= 0.3 is 0 Å². The first-order chi connectivity index (χ1) is 19.1. The van der Waals surface area contributed by atoms with Gasteiger partial charge in [-0.05, 0) is 65.8 Å². The van der Waals surface area contributed by atoms with E-state index in [1.165, 1.54) is 0 Å². The predicted molar refractivity (Wildman–Crippen MR) is 161 cm³/mol. The van der Waals surface area contributed by atoms with Crippen molar-refractivity contribution in [3.63, 3.8) is 0 Å². The van der Waals surface area contributed by atoms with E-state index in [1.54, 1.807) is 12.1 Å². The van der Waals surface area contributed by atoms with Crippen LogP contribution in [0.2, 0.25) is 0 Å². The fourth-order valence-corrected chi connectivity index (χ4v) is 5.75. The number of ketones is 1. The van der Waals surface area contributed by atoms with E-state index >= 15 is 0 Å². The molecule has 1 aliphatic heterocycles. The molecule has 1 amide bonds. The van der Waals surface area contributed by atoms with E-state index < -0.39 is 6.04 Å². The lowest BCUT2D eigenvalue weighted by Crippen LogP contribution is -2.42. The summed E-state index contributed by atoms with van der Waals surface area (Å²) in [4.78, 5) is 31.4. The van der Waals surface area contributed by atoms with Crippen molar-refractivity contribution in [1.82, 2.24) is 5.32 Å². The zero-order valence-corrected chi connectivity index (χ0v) is 23.7. The SMILES string of the molecule is CN(C)c1ccc(C2C3=C(CC(C)(C)CC3=O)Nc3ccccc3N2CC(=O)NCCc2ccc(O)cc2)cc1. The third-order valence-electron chi connectivity index (χ3n) is 7.72. The molecule has 2 aliphatic rings. The molecule has 1 aliphatic carbocycles. The van der Waals surface area contributed by atoms with E-state index in [0.29, 0.717) is 19.4 Å². The van der Waals surface area contributed by atoms with Crippen LogP contribution in [0.15, 0.2) is 84.1 Å². The lowest BCUT2D eigenvalue weighted by Gasteiger charge is -2.38. The second kappa shape index (κ2) is 11.1. The summed E-state index contributed by atoms with van der Waals surface area (Å²) in [5.41, 5.74) is 6.38. The summed E-state index contributed by atoms with van der Waals surface area (Å²) in [7, 11) is 4.01. The molecule has 0 spiro atoms. The van der Waals surface area contributed by atoms with E-state index in [2.05, 4.69) is 53.6 Å². The summed E-state index contributed by atoms with van der Waals surface area (Å²) in [5.74, 6) is 0.224. The molecule has 1 unspecified atom stereocenters. The summed E-state index contributed by atoms with van der Waals surface area (Å²) in [6.07, 6.45) is 1.87. The predicted octanol–water partition coefficient (Wildman–Crippen LogP) is 5.43. The van der Waals surface area contributed by atoms with E-state index in [-0.39, 0.29) is 29.4 Å². The number of nitrogens with one attached hydrogen (secondary N) is 2. The van der Waals surface area contributed by atoms with Crippen molar-refractivity contribution in [3.8, 4) is 5.75 Å². The number of hydrogen-bond acceptors (Lipinski definition) is 6. The number of benzene rings is 3. The van der Waals surface area contributed by atoms with Crippen LogP contribution < -0.4 is 20.4 Å². The minimum Gasteiger partial charge on any atom is -0.508 e. The molecule has 0 bridgehead atoms. The molecule has 0 aromatic heterocycles. The maximum atomic E-state index is 13.8. The quantitative estimate of drug-likeness (QED) is 0.372. The van der Waals surface area contributed by atoms with Crippen molar-refractivity contribution in [2.45, 2.75) is 39.2 Å². The Morgan fingerprint density at radius 2 is 1.73 bits per heavy atom. The number of carbonyl (C=O) groups is 2. The van der Waals surface area contributed by atoms with Crippen molar-refractivity contribution >= 4 is 28.8 Å². The summed E-state index contributed by atoms with van der Waals surface area (Å²) in [6, 6.07) is 22.8. The molecule has 0 fully saturated rings. The Morgan fingerprint density at radius 1 is 1.02 bits per heavy atom. The van der Waals surface area contributed by atoms with Gasteiger partial charge in [0.05, 0.1) is 24.0 Å². The number of fused-ring (bicyclic) bond motifs is 1. The highest BCUT2D eigenvalue weighted by Gasteiger charge is 2.41. The summed E-state index contributed by atoms with van der Waals surface area (Å²) in [6.45, 7) is 4.84. The third-order valence-corrected chi connectivity index (χ3v) is 7.72. The van der Waals surface area contributed by atoms with Gasteiger partial charge in [0.1, 0.15) is 5.75 Å². The Balaban J connectivity index is 1.51. The highest BCUT2D eigenvalue weighted by atomic mass is 16.3. The number of para-hydroxylation sites is 2. The Kier molecular flexibility index (Phi) is 7.57. The summed E-state index contributed by atoms with van der Waals surface area (Å²) in [5, 5.41) is 16.2. The van der Waals surface area contributed by atoms with Crippen molar-refractivity contribution in [1.29, 1.82) is 0 Å². The highest BCUT2D eigenvalue weighted by Crippen LogP contribution is 2.48. The Labute approximate surface area is 236 Å². The van der Waals surface area contributed by atoms with E-state index in [1.807, 2.05) is 55.4 Å². The van der Waals surface area contributed by atoms with Gasteiger partial charge in [-0.1, -0.05) is 50.2 Å². The van der Waals surface area contributed by atoms with Gasteiger partial charge in [-0.3, -0.25) is 9.59 Å². The van der Waals surface area contributed by atoms with E-state index in [9.17, 15) is 14.7 Å². The number of carbonyl (C=O) groups excluding carboxylic acids is 2. The maximum absolute atomic E-state index is 13.8. The number of phenolic OH excluding ortho intramolecular Hbond substituents is 1. The number of hydrogen-bond donors (Lipinski definition) is 3. The number of aromatic hydroxyl groups is 1. The lowest BCUT2D eigenvalue weighted by atomic mass is 9.73. The van der Waals surface area contributed by atoms with Gasteiger partial charge in [0.15, 0.2) is 5.78 Å². The Bertz CT molecular complexity index is 1420. The second-order valence-electron chi connectivity index (χ2n) is 11.8. The largest absolute Gasteiger partial charge is 0.508 e. The standard InChI is InChI=1S/C33H38N4O3/c1-33(2)19-27-31(29(39)20-33)32(23-11-13-24(14-12-23)36(3)4)37(28-8-6-5-7-26(28)35-27)21-30(40)34-18-17-22-9-15-25(38)16-10-22/h5-16,32,35,38H,17-21H2,1-4H3,(H,34,40). The highest BCUT2D eigenvalue weighted by molar-refractivity contribution is 6.02. The van der Waals surface area contributed by atoms with Gasteiger partial charge < -0.3 is 25.5 Å². The molecule has 3 aromatic rings. The smallest absolute Gasteiger partial charge is 0.239 e. The fraction of sp³-hybridized carbons (Fsp3) is 0.333. The molecule has 0 saturated carbocycles. The minimum atomic E-state index is -0.409. The molecule has 5 rings (SSSR count). The fourth-order valence-electron chi connectivity index (χ4n) is 5.75. The normalized spacial score (nSPS) is 17.9. The molecule has 0 saturated heterocycles. The Hall–Kier alpha value is -4.26. The first-order valence-corrected chi connectivity index (χ1v) is 13.8. The van der Waals surface area contributed by atoms with Gasteiger partial charge in [-0.2, -0.15) is 0 Å². The van der Waals surface area contributed by atoms with Crippen LogP contribution in [0.25, 0.3) is 0 Å². The van der Waals surface area contributed by atoms with Gasteiger partial charge in [-0.15, -0.1) is 0 Å². The number of Topliss-reactive ketones (excluding diaryl/α,β-unsaturated/α-hetero) is 1.